The Bertz CT molecular complexity index is 546. The molecule has 0 fully saturated rings. The minimum absolute atomic E-state index is 0.0173. The summed E-state index contributed by atoms with van der Waals surface area (Å²) < 4.78 is 38.0. The number of halogens is 3. The fourth-order valence-electron chi connectivity index (χ4n) is 1.46. The van der Waals surface area contributed by atoms with E-state index in [0.717, 1.165) is 11.0 Å². The highest BCUT2D eigenvalue weighted by molar-refractivity contribution is 5.93. The van der Waals surface area contributed by atoms with E-state index in [1.807, 2.05) is 0 Å². The summed E-state index contributed by atoms with van der Waals surface area (Å²) in [5.74, 6) is -1.54. The van der Waals surface area contributed by atoms with Crippen LogP contribution in [0.5, 0.6) is 0 Å². The van der Waals surface area contributed by atoms with E-state index in [1.54, 1.807) is 0 Å². The standard InChI is InChI=1S/C12H13F3N2O4/c1-17(2-3-18)11(21)16-9-5-7(10(19)20)4-8(6-9)12(13,14)15/h4-6,18H,2-3H2,1H3,(H,16,21)(H,19,20). The minimum Gasteiger partial charge on any atom is -0.478 e. The van der Waals surface area contributed by atoms with Gasteiger partial charge in [0.25, 0.3) is 0 Å². The average Bonchev–Trinajstić information content (AvgIpc) is 2.37. The average molecular weight is 306 g/mol. The second-order valence-electron chi connectivity index (χ2n) is 4.18. The second kappa shape index (κ2) is 6.44. The van der Waals surface area contributed by atoms with Crippen LogP contribution in [0.15, 0.2) is 18.2 Å². The van der Waals surface area contributed by atoms with Crippen LogP contribution < -0.4 is 5.32 Å². The molecule has 0 radical (unpaired) electrons. The number of aliphatic hydroxyl groups is 1. The smallest absolute Gasteiger partial charge is 0.416 e. The number of benzene rings is 1. The molecular formula is C12H13F3N2O4. The van der Waals surface area contributed by atoms with Crippen LogP contribution >= 0.6 is 0 Å². The summed E-state index contributed by atoms with van der Waals surface area (Å²) >= 11 is 0. The predicted molar refractivity (Wildman–Crippen MR) is 67.1 cm³/mol. The van der Waals surface area contributed by atoms with Crippen molar-refractivity contribution in [1.29, 1.82) is 0 Å². The number of nitrogens with zero attached hydrogens (tertiary/aromatic N) is 1. The number of nitrogens with one attached hydrogen (secondary N) is 1. The van der Waals surface area contributed by atoms with Crippen LogP contribution in [0.4, 0.5) is 23.7 Å². The zero-order valence-corrected chi connectivity index (χ0v) is 10.9. The Kier molecular flexibility index (Phi) is 5.14. The SMILES string of the molecule is CN(CCO)C(=O)Nc1cc(C(=O)O)cc(C(F)(F)F)c1. The molecule has 0 saturated carbocycles. The molecule has 1 rings (SSSR count). The summed E-state index contributed by atoms with van der Waals surface area (Å²) in [4.78, 5) is 23.5. The summed E-state index contributed by atoms with van der Waals surface area (Å²) in [6.45, 7) is -0.330. The van der Waals surface area contributed by atoms with Gasteiger partial charge in [0.15, 0.2) is 0 Å². The van der Waals surface area contributed by atoms with Crippen molar-refractivity contribution in [2.24, 2.45) is 0 Å². The van der Waals surface area contributed by atoms with Crippen molar-refractivity contribution < 1.29 is 33.0 Å². The van der Waals surface area contributed by atoms with Crippen LogP contribution in [-0.4, -0.2) is 47.3 Å². The van der Waals surface area contributed by atoms with E-state index >= 15 is 0 Å². The van der Waals surface area contributed by atoms with Gasteiger partial charge in [-0.1, -0.05) is 0 Å². The summed E-state index contributed by atoms with van der Waals surface area (Å²) in [7, 11) is 1.33. The van der Waals surface area contributed by atoms with Gasteiger partial charge in [-0.25, -0.2) is 9.59 Å². The van der Waals surface area contributed by atoms with E-state index in [9.17, 15) is 22.8 Å². The molecule has 116 valence electrons. The van der Waals surface area contributed by atoms with Gasteiger partial charge in [-0.2, -0.15) is 13.2 Å². The first-order valence-corrected chi connectivity index (χ1v) is 5.73. The van der Waals surface area contributed by atoms with Gasteiger partial charge in [-0.15, -0.1) is 0 Å². The number of hydrogen-bond donors (Lipinski definition) is 3. The van der Waals surface area contributed by atoms with Crippen LogP contribution in [0, 0.1) is 0 Å². The molecule has 0 aliphatic heterocycles. The number of carbonyl (C=O) groups is 2. The monoisotopic (exact) mass is 306 g/mol. The number of likely N-dealkylation sites (N-methyl/N-ethyl adjacent to an activating group) is 1. The lowest BCUT2D eigenvalue weighted by atomic mass is 10.1. The largest absolute Gasteiger partial charge is 0.478 e. The topological polar surface area (TPSA) is 89.9 Å². The maximum absolute atomic E-state index is 12.7. The number of alkyl halides is 3. The Balaban J connectivity index is 3.09. The lowest BCUT2D eigenvalue weighted by Crippen LogP contribution is -2.33. The molecule has 1 aromatic carbocycles. The van der Waals surface area contributed by atoms with E-state index in [1.165, 1.54) is 7.05 Å². The van der Waals surface area contributed by atoms with Crippen molar-refractivity contribution in [2.75, 3.05) is 25.5 Å². The number of carboxylic acid groups (broad SMARTS) is 1. The second-order valence-corrected chi connectivity index (χ2v) is 4.18. The van der Waals surface area contributed by atoms with E-state index in [4.69, 9.17) is 10.2 Å². The van der Waals surface area contributed by atoms with Crippen LogP contribution in [0.25, 0.3) is 0 Å². The maximum Gasteiger partial charge on any atom is 0.416 e. The first-order valence-electron chi connectivity index (χ1n) is 5.73. The summed E-state index contributed by atoms with van der Waals surface area (Å²) in [5.41, 5.74) is -2.07. The zero-order chi connectivity index (χ0) is 16.2. The molecular weight excluding hydrogens is 293 g/mol. The molecule has 0 aliphatic rings. The third kappa shape index (κ3) is 4.63. The Labute approximate surface area is 117 Å². The number of amides is 2. The molecule has 0 spiro atoms. The molecule has 0 heterocycles. The van der Waals surface area contributed by atoms with Crippen LogP contribution in [0.1, 0.15) is 15.9 Å². The van der Waals surface area contributed by atoms with E-state index in [-0.39, 0.29) is 18.8 Å². The molecule has 0 saturated heterocycles. The first-order chi connectivity index (χ1) is 9.65. The summed E-state index contributed by atoms with van der Waals surface area (Å²) in [6, 6.07) is 1.27. The van der Waals surface area contributed by atoms with Gasteiger partial charge in [0.05, 0.1) is 17.7 Å². The highest BCUT2D eigenvalue weighted by atomic mass is 19.4. The highest BCUT2D eigenvalue weighted by Gasteiger charge is 2.32. The summed E-state index contributed by atoms with van der Waals surface area (Å²) in [6.07, 6.45) is -4.73. The molecule has 1 aromatic rings. The quantitative estimate of drug-likeness (QED) is 0.792. The molecule has 0 aromatic heterocycles. The van der Waals surface area contributed by atoms with Crippen molar-refractivity contribution in [1.82, 2.24) is 4.90 Å². The molecule has 0 aliphatic carbocycles. The molecule has 0 unspecified atom stereocenters. The van der Waals surface area contributed by atoms with Crippen molar-refractivity contribution in [3.63, 3.8) is 0 Å². The molecule has 9 heteroatoms. The first kappa shape index (κ1) is 16.8. The number of anilines is 1. The van der Waals surface area contributed by atoms with Gasteiger partial charge < -0.3 is 20.4 Å². The van der Waals surface area contributed by atoms with Crippen LogP contribution in [-0.2, 0) is 6.18 Å². The van der Waals surface area contributed by atoms with Gasteiger partial charge >= 0.3 is 18.2 Å². The van der Waals surface area contributed by atoms with Crippen molar-refractivity contribution in [3.8, 4) is 0 Å². The van der Waals surface area contributed by atoms with Gasteiger partial charge in [-0.05, 0) is 18.2 Å². The van der Waals surface area contributed by atoms with Crippen molar-refractivity contribution in [2.45, 2.75) is 6.18 Å². The van der Waals surface area contributed by atoms with E-state index < -0.39 is 29.3 Å². The van der Waals surface area contributed by atoms with Gasteiger partial charge in [-0.3, -0.25) is 0 Å². The number of carboxylic acids is 1. The molecule has 2 amide bonds. The lowest BCUT2D eigenvalue weighted by Gasteiger charge is -2.17. The van der Waals surface area contributed by atoms with E-state index in [0.29, 0.717) is 12.1 Å². The number of carbonyl (C=O) groups excluding carboxylic acids is 1. The summed E-state index contributed by atoms with van der Waals surface area (Å²) in [5, 5.41) is 19.6. The maximum atomic E-state index is 12.7. The Hall–Kier alpha value is -2.29. The zero-order valence-electron chi connectivity index (χ0n) is 10.9. The number of urea groups is 1. The number of hydrogen-bond acceptors (Lipinski definition) is 3. The van der Waals surface area contributed by atoms with Crippen molar-refractivity contribution >= 4 is 17.7 Å². The molecule has 0 bridgehead atoms. The molecule has 21 heavy (non-hydrogen) atoms. The highest BCUT2D eigenvalue weighted by Crippen LogP contribution is 2.32. The van der Waals surface area contributed by atoms with Crippen molar-refractivity contribution in [3.05, 3.63) is 29.3 Å². The van der Waals surface area contributed by atoms with Gasteiger partial charge in [0.1, 0.15) is 0 Å². The van der Waals surface area contributed by atoms with E-state index in [2.05, 4.69) is 5.32 Å². The fourth-order valence-corrected chi connectivity index (χ4v) is 1.46. The van der Waals surface area contributed by atoms with Crippen LogP contribution in [0.2, 0.25) is 0 Å². The van der Waals surface area contributed by atoms with Gasteiger partial charge in [0, 0.05) is 19.3 Å². The fraction of sp³-hybridized carbons (Fsp3) is 0.333. The molecule has 0 atom stereocenters. The third-order valence-corrected chi connectivity index (χ3v) is 2.54. The number of aliphatic hydroxyl groups excluding tert-OH is 1. The third-order valence-electron chi connectivity index (χ3n) is 2.54. The Morgan fingerprint density at radius 3 is 2.38 bits per heavy atom. The minimum atomic E-state index is -4.73. The predicted octanol–water partition coefficient (Wildman–Crippen LogP) is 1.86. The number of rotatable bonds is 4. The Morgan fingerprint density at radius 2 is 1.90 bits per heavy atom. The molecule has 6 nitrogen and oxygen atoms in total. The van der Waals surface area contributed by atoms with Crippen LogP contribution in [0.3, 0.4) is 0 Å². The normalized spacial score (nSPS) is 11.1. The lowest BCUT2D eigenvalue weighted by molar-refractivity contribution is -0.137. The number of aromatic carboxylic acids is 1. The Morgan fingerprint density at radius 1 is 1.29 bits per heavy atom. The molecule has 3 N–H and O–H groups in total. The van der Waals surface area contributed by atoms with Gasteiger partial charge in [0.2, 0.25) is 0 Å².